The maximum atomic E-state index is 11.9. The summed E-state index contributed by atoms with van der Waals surface area (Å²) in [6, 6.07) is 3.36. The number of hydrogen-bond donors (Lipinski definition) is 3. The van der Waals surface area contributed by atoms with Crippen LogP contribution in [0.25, 0.3) is 0 Å². The van der Waals surface area contributed by atoms with Gasteiger partial charge in [0.15, 0.2) is 0 Å². The van der Waals surface area contributed by atoms with Crippen molar-refractivity contribution >= 4 is 33.3 Å². The Bertz CT molecular complexity index is 584. The van der Waals surface area contributed by atoms with Gasteiger partial charge in [-0.1, -0.05) is 11.6 Å². The van der Waals surface area contributed by atoms with Crippen LogP contribution in [0.1, 0.15) is 12.8 Å². The average Bonchev–Trinajstić information content (AvgIpc) is 3.04. The van der Waals surface area contributed by atoms with Gasteiger partial charge in [0.1, 0.15) is 4.90 Å². The molecule has 0 aromatic heterocycles. The lowest BCUT2D eigenvalue weighted by atomic mass is 10.3. The summed E-state index contributed by atoms with van der Waals surface area (Å²) in [7, 11) is -4.00. The fourth-order valence-corrected chi connectivity index (χ4v) is 2.80. The minimum atomic E-state index is -4.00. The van der Waals surface area contributed by atoms with Gasteiger partial charge in [0.25, 0.3) is 10.0 Å². The van der Waals surface area contributed by atoms with Gasteiger partial charge in [-0.25, -0.2) is 17.9 Å². The van der Waals surface area contributed by atoms with E-state index in [0.29, 0.717) is 0 Å². The number of halogens is 1. The Hall–Kier alpha value is -1.47. The van der Waals surface area contributed by atoms with Gasteiger partial charge in [0.2, 0.25) is 0 Å². The zero-order valence-electron chi connectivity index (χ0n) is 9.31. The maximum absolute atomic E-state index is 11.9. The van der Waals surface area contributed by atoms with Crippen LogP contribution in [0.2, 0.25) is 5.02 Å². The first-order valence-corrected chi connectivity index (χ1v) is 7.13. The van der Waals surface area contributed by atoms with Gasteiger partial charge < -0.3 is 11.1 Å². The molecule has 1 fully saturated rings. The van der Waals surface area contributed by atoms with Crippen LogP contribution in [-0.2, 0) is 10.0 Å². The van der Waals surface area contributed by atoms with Gasteiger partial charge in [0.05, 0.1) is 5.02 Å². The van der Waals surface area contributed by atoms with Gasteiger partial charge in [0, 0.05) is 11.7 Å². The second-order valence-corrected chi connectivity index (χ2v) is 6.10. The van der Waals surface area contributed by atoms with Crippen LogP contribution in [0.15, 0.2) is 23.1 Å². The minimum Gasteiger partial charge on any atom is -0.399 e. The fourth-order valence-electron chi connectivity index (χ4n) is 1.35. The number of sulfonamides is 1. The first kappa shape index (κ1) is 13.0. The largest absolute Gasteiger partial charge is 0.399 e. The number of anilines is 1. The molecule has 0 spiro atoms. The summed E-state index contributed by atoms with van der Waals surface area (Å²) >= 11 is 5.78. The summed E-state index contributed by atoms with van der Waals surface area (Å²) < 4.78 is 25.7. The van der Waals surface area contributed by atoms with Crippen molar-refractivity contribution < 1.29 is 13.2 Å². The number of nitrogens with one attached hydrogen (secondary N) is 2. The number of hydrogen-bond acceptors (Lipinski definition) is 4. The van der Waals surface area contributed by atoms with Crippen molar-refractivity contribution in [3.05, 3.63) is 23.2 Å². The second-order valence-electron chi connectivity index (χ2n) is 4.04. The molecule has 0 bridgehead atoms. The molecule has 4 N–H and O–H groups in total. The highest BCUT2D eigenvalue weighted by molar-refractivity contribution is 7.90. The molecule has 98 valence electrons. The van der Waals surface area contributed by atoms with Gasteiger partial charge in [-0.05, 0) is 31.0 Å². The third-order valence-electron chi connectivity index (χ3n) is 2.38. The third-order valence-corrected chi connectivity index (χ3v) is 4.20. The van der Waals surface area contributed by atoms with E-state index in [0.717, 1.165) is 12.8 Å². The Labute approximate surface area is 110 Å². The summed E-state index contributed by atoms with van der Waals surface area (Å²) in [6.45, 7) is 0. The van der Waals surface area contributed by atoms with E-state index in [1.165, 1.54) is 18.2 Å². The monoisotopic (exact) mass is 289 g/mol. The lowest BCUT2D eigenvalue weighted by Crippen LogP contribution is -2.40. The molecule has 2 amide bonds. The molecule has 0 heterocycles. The minimum absolute atomic E-state index is 0.0101. The second kappa shape index (κ2) is 4.66. The number of urea groups is 1. The zero-order valence-corrected chi connectivity index (χ0v) is 10.9. The van der Waals surface area contributed by atoms with Crippen LogP contribution in [0.5, 0.6) is 0 Å². The van der Waals surface area contributed by atoms with Crippen LogP contribution >= 0.6 is 11.6 Å². The molecule has 1 aliphatic rings. The molecule has 0 radical (unpaired) electrons. The Morgan fingerprint density at radius 2 is 2.06 bits per heavy atom. The summed E-state index contributed by atoms with van der Waals surface area (Å²) in [4.78, 5) is 11.2. The average molecular weight is 290 g/mol. The van der Waals surface area contributed by atoms with Crippen LogP contribution in [-0.4, -0.2) is 20.5 Å². The van der Waals surface area contributed by atoms with E-state index in [1.807, 2.05) is 4.72 Å². The zero-order chi connectivity index (χ0) is 13.3. The molecular formula is C10H12ClN3O3S. The molecule has 8 heteroatoms. The molecule has 0 unspecified atom stereocenters. The lowest BCUT2D eigenvalue weighted by molar-refractivity contribution is 0.245. The van der Waals surface area contributed by atoms with Crippen LogP contribution in [0.4, 0.5) is 10.5 Å². The van der Waals surface area contributed by atoms with E-state index in [2.05, 4.69) is 5.32 Å². The number of nitrogen functional groups attached to an aromatic ring is 1. The first-order chi connectivity index (χ1) is 8.38. The summed E-state index contributed by atoms with van der Waals surface area (Å²) in [6.07, 6.45) is 1.74. The molecule has 1 aliphatic carbocycles. The summed E-state index contributed by atoms with van der Waals surface area (Å²) in [5, 5.41) is 2.52. The van der Waals surface area contributed by atoms with Crippen molar-refractivity contribution in [3.8, 4) is 0 Å². The van der Waals surface area contributed by atoms with Crippen molar-refractivity contribution in [1.29, 1.82) is 0 Å². The predicted molar refractivity (Wildman–Crippen MR) is 67.7 cm³/mol. The Morgan fingerprint density at radius 1 is 1.39 bits per heavy atom. The molecule has 0 aliphatic heterocycles. The Kier molecular flexibility index (Phi) is 3.36. The molecule has 2 rings (SSSR count). The van der Waals surface area contributed by atoms with Crippen molar-refractivity contribution in [1.82, 2.24) is 10.0 Å². The molecule has 18 heavy (non-hydrogen) atoms. The first-order valence-electron chi connectivity index (χ1n) is 5.27. The fraction of sp³-hybridized carbons (Fsp3) is 0.300. The highest BCUT2D eigenvalue weighted by Crippen LogP contribution is 2.23. The molecule has 1 saturated carbocycles. The number of benzene rings is 1. The van der Waals surface area contributed by atoms with E-state index >= 15 is 0 Å². The van der Waals surface area contributed by atoms with Crippen LogP contribution < -0.4 is 15.8 Å². The highest BCUT2D eigenvalue weighted by Gasteiger charge is 2.26. The van der Waals surface area contributed by atoms with Gasteiger partial charge in [-0.15, -0.1) is 0 Å². The standard InChI is InChI=1S/C10H12ClN3O3S/c11-8-4-1-6(12)5-9(8)18(16,17)14-10(15)13-7-2-3-7/h1,4-5,7H,2-3,12H2,(H2,13,14,15). The number of rotatable bonds is 3. The van der Waals surface area contributed by atoms with Crippen molar-refractivity contribution in [2.24, 2.45) is 0 Å². The van der Waals surface area contributed by atoms with E-state index in [9.17, 15) is 13.2 Å². The van der Waals surface area contributed by atoms with Crippen molar-refractivity contribution in [2.75, 3.05) is 5.73 Å². The lowest BCUT2D eigenvalue weighted by Gasteiger charge is -2.09. The van der Waals surface area contributed by atoms with Crippen LogP contribution in [0, 0.1) is 0 Å². The van der Waals surface area contributed by atoms with Gasteiger partial charge in [-0.3, -0.25) is 0 Å². The third kappa shape index (κ3) is 3.05. The van der Waals surface area contributed by atoms with E-state index < -0.39 is 16.1 Å². The smallest absolute Gasteiger partial charge is 0.328 e. The van der Waals surface area contributed by atoms with E-state index in [1.54, 1.807) is 0 Å². The number of amides is 2. The van der Waals surface area contributed by atoms with Crippen molar-refractivity contribution in [3.63, 3.8) is 0 Å². The molecule has 0 atom stereocenters. The number of carbonyl (C=O) groups is 1. The quantitative estimate of drug-likeness (QED) is 0.725. The topological polar surface area (TPSA) is 101 Å². The highest BCUT2D eigenvalue weighted by atomic mass is 35.5. The van der Waals surface area contributed by atoms with Gasteiger partial charge >= 0.3 is 6.03 Å². The molecule has 1 aromatic carbocycles. The summed E-state index contributed by atoms with van der Waals surface area (Å²) in [5.74, 6) is 0. The number of nitrogens with two attached hydrogens (primary N) is 1. The van der Waals surface area contributed by atoms with E-state index in [4.69, 9.17) is 17.3 Å². The SMILES string of the molecule is Nc1ccc(Cl)c(S(=O)(=O)NC(=O)NC2CC2)c1. The Morgan fingerprint density at radius 3 is 2.67 bits per heavy atom. The van der Waals surface area contributed by atoms with Crippen molar-refractivity contribution in [2.45, 2.75) is 23.8 Å². The molecular weight excluding hydrogens is 278 g/mol. The molecule has 1 aromatic rings. The summed E-state index contributed by atoms with van der Waals surface area (Å²) in [5.41, 5.74) is 5.75. The molecule has 6 nitrogen and oxygen atoms in total. The Balaban J connectivity index is 2.18. The number of carbonyl (C=O) groups excluding carboxylic acids is 1. The van der Waals surface area contributed by atoms with Gasteiger partial charge in [-0.2, -0.15) is 0 Å². The normalized spacial score (nSPS) is 15.2. The van der Waals surface area contributed by atoms with E-state index in [-0.39, 0.29) is 21.6 Å². The predicted octanol–water partition coefficient (Wildman–Crippen LogP) is 1.07. The molecule has 0 saturated heterocycles. The van der Waals surface area contributed by atoms with Crippen LogP contribution in [0.3, 0.4) is 0 Å². The maximum Gasteiger partial charge on any atom is 0.328 e.